The van der Waals surface area contributed by atoms with E-state index < -0.39 is 0 Å². The molecule has 0 spiro atoms. The fourth-order valence-electron chi connectivity index (χ4n) is 7.91. The van der Waals surface area contributed by atoms with Crippen LogP contribution in [0.1, 0.15) is 0 Å². The maximum atomic E-state index is 6.27. The monoisotopic (exact) mass is 755 g/mol. The molecule has 3 heterocycles. The van der Waals surface area contributed by atoms with E-state index in [0.29, 0.717) is 17.5 Å². The summed E-state index contributed by atoms with van der Waals surface area (Å²) in [4.78, 5) is 15.5. The zero-order valence-corrected chi connectivity index (χ0v) is 30.6. The third-order valence-corrected chi connectivity index (χ3v) is 13.1. The van der Waals surface area contributed by atoms with Crippen molar-refractivity contribution in [2.45, 2.75) is 0 Å². The predicted molar refractivity (Wildman–Crippen MR) is 224 cm³/mol. The van der Waals surface area contributed by atoms with Gasteiger partial charge in [0.25, 0.3) is 0 Å². The van der Waals surface area contributed by atoms with Gasteiger partial charge in [0.2, 0.25) is 0 Å². The van der Waals surface area contributed by atoms with Crippen LogP contribution < -0.4 is 0 Å². The molecule has 11 aromatic rings. The van der Waals surface area contributed by atoms with Gasteiger partial charge in [0.15, 0.2) is 0 Å². The van der Waals surface area contributed by atoms with Crippen LogP contribution in [0.5, 0.6) is 0 Å². The summed E-state index contributed by atoms with van der Waals surface area (Å²) in [5, 5.41) is 7.00. The molecule has 0 aliphatic carbocycles. The van der Waals surface area contributed by atoms with Crippen LogP contribution >= 0.6 is 0 Å². The second-order valence-corrected chi connectivity index (χ2v) is 15.6. The van der Waals surface area contributed by atoms with Crippen LogP contribution in [0.3, 0.4) is 0 Å². The molecule has 252 valence electrons. The molecule has 0 amide bonds. The van der Waals surface area contributed by atoms with Crippen LogP contribution in [0.15, 0.2) is 180 Å². The molecule has 0 saturated carbocycles. The summed E-state index contributed by atoms with van der Waals surface area (Å²) in [6.45, 7) is 0. The third-order valence-electron chi connectivity index (χ3n) is 10.4. The van der Waals surface area contributed by atoms with Crippen molar-refractivity contribution in [3.05, 3.63) is 176 Å². The van der Waals surface area contributed by atoms with E-state index >= 15 is 0 Å². The second-order valence-electron chi connectivity index (χ2n) is 13.5. The van der Waals surface area contributed by atoms with Crippen molar-refractivity contribution in [2.24, 2.45) is 0 Å². The Balaban J connectivity index is 1.13. The number of fused-ring (bicyclic) bond motifs is 7. The molecule has 11 rings (SSSR count). The predicted octanol–water partition coefficient (Wildman–Crippen LogP) is 12.6. The zero-order valence-electron chi connectivity index (χ0n) is 28.9. The summed E-state index contributed by atoms with van der Waals surface area (Å²) < 4.78 is 9.15. The molecule has 0 radical (unpaired) electrons. The van der Waals surface area contributed by atoms with Gasteiger partial charge in [0, 0.05) is 0 Å². The molecular weight excluding hydrogens is 726 g/mol. The van der Waals surface area contributed by atoms with Gasteiger partial charge in [-0.1, -0.05) is 24.3 Å². The molecule has 0 bridgehead atoms. The summed E-state index contributed by atoms with van der Waals surface area (Å²) in [6, 6.07) is 61.9. The van der Waals surface area contributed by atoms with Crippen molar-refractivity contribution >= 4 is 66.5 Å². The minimum atomic E-state index is 0.138. The maximum absolute atomic E-state index is 6.27. The molecule has 5 heteroatoms. The topological polar surface area (TPSA) is 51.8 Å². The summed E-state index contributed by atoms with van der Waals surface area (Å²) in [7, 11) is 0. The van der Waals surface area contributed by atoms with Crippen LogP contribution in [-0.2, 0) is 0 Å². The van der Waals surface area contributed by atoms with E-state index in [0.717, 1.165) is 44.0 Å². The molecule has 0 aliphatic rings. The van der Waals surface area contributed by atoms with Crippen molar-refractivity contribution < 1.29 is 4.42 Å². The molecule has 4 nitrogen and oxygen atoms in total. The Morgan fingerprint density at radius 2 is 0.796 bits per heavy atom. The zero-order chi connectivity index (χ0) is 35.6. The quantitative estimate of drug-likeness (QED) is 0.164. The Hall–Kier alpha value is -6.65. The van der Waals surface area contributed by atoms with Crippen LogP contribution in [0.4, 0.5) is 0 Å². The third kappa shape index (κ3) is 4.94. The van der Waals surface area contributed by atoms with E-state index in [1.54, 1.807) is 0 Å². The summed E-state index contributed by atoms with van der Waals surface area (Å²) >= 11 is 0.138. The number of hydrogen-bond donors (Lipinski definition) is 0. The van der Waals surface area contributed by atoms with Gasteiger partial charge in [0.1, 0.15) is 5.58 Å². The Morgan fingerprint density at radius 1 is 0.315 bits per heavy atom. The number of hydrogen-bond acceptors (Lipinski definition) is 4. The van der Waals surface area contributed by atoms with E-state index in [1.807, 2.05) is 48.5 Å². The van der Waals surface area contributed by atoms with Gasteiger partial charge in [-0.05, 0) is 12.1 Å². The molecule has 0 unspecified atom stereocenters. The second kappa shape index (κ2) is 12.5. The summed E-state index contributed by atoms with van der Waals surface area (Å²) in [5.74, 6) is 1.87. The van der Waals surface area contributed by atoms with Crippen molar-refractivity contribution in [2.75, 3.05) is 0 Å². The molecule has 0 atom stereocenters. The van der Waals surface area contributed by atoms with E-state index in [4.69, 9.17) is 19.4 Å². The van der Waals surface area contributed by atoms with Gasteiger partial charge in [-0.2, -0.15) is 0 Å². The molecule has 0 N–H and O–H groups in total. The Bertz CT molecular complexity index is 3220. The first-order valence-electron chi connectivity index (χ1n) is 18.0. The van der Waals surface area contributed by atoms with E-state index in [-0.39, 0.29) is 14.5 Å². The standard InChI is InChI=1S/C49H29N3OSe/c1-3-14-30(15-4-1)32-19-9-24-37-38-25-12-23-36(46(38)54-45(32)37)34-21-10-22-35-33(34)20-11-26-39(35)48-50-47(31-16-5-2-6-17-31)51-49(52-48)41-27-13-29-43-44(41)40-18-7-8-28-42(40)53-43/h1-29H. The van der Waals surface area contributed by atoms with Crippen molar-refractivity contribution in [1.82, 2.24) is 15.0 Å². The average molecular weight is 755 g/mol. The summed E-state index contributed by atoms with van der Waals surface area (Å²) in [6.07, 6.45) is 0. The van der Waals surface area contributed by atoms with Gasteiger partial charge in [0.05, 0.1) is 0 Å². The SMILES string of the molecule is c1ccc(-c2nc(-c3cccc4c(-c5cccc6c5[se]c5c(-c7ccccc7)cccc56)cccc34)nc(-c3cccc4oc5ccccc5c34)n2)cc1. The first kappa shape index (κ1) is 30.9. The fraction of sp³-hybridized carbons (Fsp3) is 0. The molecule has 54 heavy (non-hydrogen) atoms. The number of rotatable bonds is 5. The van der Waals surface area contributed by atoms with Crippen LogP contribution in [-0.4, -0.2) is 29.5 Å². The van der Waals surface area contributed by atoms with Crippen LogP contribution in [0.25, 0.3) is 108 Å². The average Bonchev–Trinajstić information content (AvgIpc) is 3.83. The van der Waals surface area contributed by atoms with Crippen LogP contribution in [0.2, 0.25) is 0 Å². The molecule has 0 saturated heterocycles. The minimum absolute atomic E-state index is 0.138. The van der Waals surface area contributed by atoms with Crippen LogP contribution in [0, 0.1) is 0 Å². The summed E-state index contributed by atoms with van der Waals surface area (Å²) in [5.41, 5.74) is 9.55. The van der Waals surface area contributed by atoms with Gasteiger partial charge < -0.3 is 4.42 Å². The first-order chi connectivity index (χ1) is 26.8. The number of nitrogens with zero attached hydrogens (tertiary/aromatic N) is 3. The normalized spacial score (nSPS) is 11.7. The van der Waals surface area contributed by atoms with E-state index in [2.05, 4.69) is 127 Å². The van der Waals surface area contributed by atoms with Crippen molar-refractivity contribution in [3.63, 3.8) is 0 Å². The number of para-hydroxylation sites is 1. The van der Waals surface area contributed by atoms with Crippen molar-refractivity contribution in [1.29, 1.82) is 0 Å². The van der Waals surface area contributed by atoms with Gasteiger partial charge in [-0.3, -0.25) is 0 Å². The van der Waals surface area contributed by atoms with Gasteiger partial charge in [-0.15, -0.1) is 0 Å². The molecule has 8 aromatic carbocycles. The number of furan rings is 1. The molecule has 0 aliphatic heterocycles. The van der Waals surface area contributed by atoms with E-state index in [9.17, 15) is 0 Å². The van der Waals surface area contributed by atoms with Crippen molar-refractivity contribution in [3.8, 4) is 56.4 Å². The Kier molecular flexibility index (Phi) is 7.16. The number of benzene rings is 8. The molecular formula is C49H29N3OSe. The Labute approximate surface area is 316 Å². The molecule has 3 aromatic heterocycles. The molecule has 0 fully saturated rings. The van der Waals surface area contributed by atoms with Gasteiger partial charge in [-0.25, -0.2) is 0 Å². The Morgan fingerprint density at radius 3 is 1.56 bits per heavy atom. The number of aromatic nitrogens is 3. The first-order valence-corrected chi connectivity index (χ1v) is 19.7. The fourth-order valence-corrected chi connectivity index (χ4v) is 10.8. The van der Waals surface area contributed by atoms with Gasteiger partial charge >= 0.3 is 272 Å². The van der Waals surface area contributed by atoms with E-state index in [1.165, 1.54) is 46.9 Å².